The Balaban J connectivity index is 1.71. The normalized spacial score (nSPS) is 11.2. The molecule has 3 rings (SSSR count). The summed E-state index contributed by atoms with van der Waals surface area (Å²) < 4.78 is 21.4. The minimum Gasteiger partial charge on any atom is -0.489 e. The number of anilines is 1. The maximum Gasteiger partial charge on any atom is 0.221 e. The summed E-state index contributed by atoms with van der Waals surface area (Å²) in [7, 11) is 0. The second-order valence-electron chi connectivity index (χ2n) is 5.43. The Hall–Kier alpha value is -2.67. The number of rotatable bonds is 5. The molecule has 0 unspecified atom stereocenters. The van der Waals surface area contributed by atoms with E-state index in [2.05, 4.69) is 26.0 Å². The van der Waals surface area contributed by atoms with Crippen LogP contribution in [-0.4, -0.2) is 15.9 Å². The highest BCUT2D eigenvalue weighted by Crippen LogP contribution is 2.21. The lowest BCUT2D eigenvalue weighted by atomic mass is 10.2. The zero-order valence-corrected chi connectivity index (χ0v) is 15.1. The molecular formula is C18H16BrFN4O. The lowest BCUT2D eigenvalue weighted by Crippen LogP contribution is -1.99. The first-order valence-electron chi connectivity index (χ1n) is 7.54. The Labute approximate surface area is 153 Å². The molecule has 3 aromatic rings. The smallest absolute Gasteiger partial charge is 0.221 e. The standard InChI is InChI=1S/C18H16BrFN4O/c1-12-10-24(18(21)23-12)22-9-13-3-2-4-16(7-13)25-11-14-8-15(20)5-6-17(14)19/h2-10H,11H2,1H3,(H2,21,23). The molecule has 5 nitrogen and oxygen atoms in total. The van der Waals surface area contributed by atoms with Crippen molar-refractivity contribution >= 4 is 28.1 Å². The Morgan fingerprint density at radius 2 is 2.16 bits per heavy atom. The summed E-state index contributed by atoms with van der Waals surface area (Å²) in [5.41, 5.74) is 8.14. The molecule has 2 N–H and O–H groups in total. The van der Waals surface area contributed by atoms with E-state index in [1.54, 1.807) is 18.5 Å². The van der Waals surface area contributed by atoms with Gasteiger partial charge in [-0.25, -0.2) is 14.1 Å². The summed E-state index contributed by atoms with van der Waals surface area (Å²) in [5.74, 6) is 0.697. The Morgan fingerprint density at radius 1 is 1.32 bits per heavy atom. The molecule has 0 fully saturated rings. The van der Waals surface area contributed by atoms with Crippen molar-refractivity contribution in [2.75, 3.05) is 5.73 Å². The minimum absolute atomic E-state index is 0.257. The number of hydrogen-bond donors (Lipinski definition) is 1. The van der Waals surface area contributed by atoms with Crippen molar-refractivity contribution in [1.82, 2.24) is 9.66 Å². The van der Waals surface area contributed by atoms with Crippen LogP contribution in [-0.2, 0) is 6.61 Å². The highest BCUT2D eigenvalue weighted by Gasteiger charge is 2.04. The Morgan fingerprint density at radius 3 is 2.92 bits per heavy atom. The average Bonchev–Trinajstić information content (AvgIpc) is 2.92. The van der Waals surface area contributed by atoms with Crippen molar-refractivity contribution in [2.45, 2.75) is 13.5 Å². The van der Waals surface area contributed by atoms with E-state index in [0.29, 0.717) is 11.7 Å². The Kier molecular flexibility index (Phi) is 5.14. The van der Waals surface area contributed by atoms with E-state index in [1.807, 2.05) is 31.2 Å². The van der Waals surface area contributed by atoms with E-state index in [0.717, 1.165) is 21.3 Å². The van der Waals surface area contributed by atoms with Crippen LogP contribution < -0.4 is 10.5 Å². The predicted octanol–water partition coefficient (Wildman–Crippen LogP) is 4.14. The number of benzene rings is 2. The molecule has 0 aliphatic rings. The summed E-state index contributed by atoms with van der Waals surface area (Å²) in [5, 5.41) is 4.27. The molecule has 2 aromatic carbocycles. The van der Waals surface area contributed by atoms with E-state index in [9.17, 15) is 4.39 Å². The molecule has 0 saturated carbocycles. The van der Waals surface area contributed by atoms with E-state index < -0.39 is 0 Å². The summed E-state index contributed by atoms with van der Waals surface area (Å²) in [6.45, 7) is 2.11. The van der Waals surface area contributed by atoms with Gasteiger partial charge in [-0.15, -0.1) is 0 Å². The van der Waals surface area contributed by atoms with Crippen LogP contribution in [0, 0.1) is 12.7 Å². The average molecular weight is 403 g/mol. The van der Waals surface area contributed by atoms with Crippen LogP contribution in [0.3, 0.4) is 0 Å². The fraction of sp³-hybridized carbons (Fsp3) is 0.111. The quantitative estimate of drug-likeness (QED) is 0.652. The first-order valence-corrected chi connectivity index (χ1v) is 8.33. The van der Waals surface area contributed by atoms with Crippen LogP contribution in [0.25, 0.3) is 0 Å². The van der Waals surface area contributed by atoms with Crippen molar-refractivity contribution in [3.8, 4) is 5.75 Å². The zero-order valence-electron chi connectivity index (χ0n) is 13.5. The number of nitrogens with two attached hydrogens (primary N) is 1. The molecule has 25 heavy (non-hydrogen) atoms. The number of ether oxygens (including phenoxy) is 1. The minimum atomic E-state index is -0.295. The molecule has 0 amide bonds. The van der Waals surface area contributed by atoms with E-state index in [-0.39, 0.29) is 12.4 Å². The molecule has 1 heterocycles. The van der Waals surface area contributed by atoms with Gasteiger partial charge in [0, 0.05) is 10.0 Å². The van der Waals surface area contributed by atoms with Gasteiger partial charge in [-0.05, 0) is 42.8 Å². The number of aryl methyl sites for hydroxylation is 1. The van der Waals surface area contributed by atoms with Crippen LogP contribution in [0.4, 0.5) is 10.3 Å². The number of imidazole rings is 1. The van der Waals surface area contributed by atoms with Gasteiger partial charge in [-0.2, -0.15) is 5.10 Å². The number of halogens is 2. The molecule has 128 valence electrons. The molecule has 0 bridgehead atoms. The van der Waals surface area contributed by atoms with Crippen LogP contribution in [0.2, 0.25) is 0 Å². The van der Waals surface area contributed by atoms with Gasteiger partial charge in [0.15, 0.2) is 0 Å². The number of hydrogen-bond acceptors (Lipinski definition) is 4. The molecule has 0 aliphatic heterocycles. The van der Waals surface area contributed by atoms with Crippen LogP contribution >= 0.6 is 15.9 Å². The van der Waals surface area contributed by atoms with Crippen LogP contribution in [0.15, 0.2) is 58.2 Å². The van der Waals surface area contributed by atoms with Gasteiger partial charge >= 0.3 is 0 Å². The van der Waals surface area contributed by atoms with Gasteiger partial charge in [-0.1, -0.05) is 28.1 Å². The van der Waals surface area contributed by atoms with Crippen molar-refractivity contribution < 1.29 is 9.13 Å². The third kappa shape index (κ3) is 4.45. The largest absolute Gasteiger partial charge is 0.489 e. The second-order valence-corrected chi connectivity index (χ2v) is 6.28. The fourth-order valence-electron chi connectivity index (χ4n) is 2.22. The monoisotopic (exact) mass is 402 g/mol. The number of aromatic nitrogens is 2. The third-order valence-corrected chi connectivity index (χ3v) is 4.20. The topological polar surface area (TPSA) is 65.4 Å². The van der Waals surface area contributed by atoms with E-state index in [4.69, 9.17) is 10.5 Å². The summed E-state index contributed by atoms with van der Waals surface area (Å²) in [6, 6.07) is 11.9. The molecule has 0 radical (unpaired) electrons. The van der Waals surface area contributed by atoms with Crippen molar-refractivity contribution in [3.63, 3.8) is 0 Å². The lowest BCUT2D eigenvalue weighted by Gasteiger charge is -2.08. The third-order valence-electron chi connectivity index (χ3n) is 3.43. The molecule has 0 aliphatic carbocycles. The van der Waals surface area contributed by atoms with Crippen molar-refractivity contribution in [1.29, 1.82) is 0 Å². The van der Waals surface area contributed by atoms with E-state index >= 15 is 0 Å². The molecule has 1 aromatic heterocycles. The fourth-order valence-corrected chi connectivity index (χ4v) is 2.59. The van der Waals surface area contributed by atoms with E-state index in [1.165, 1.54) is 16.8 Å². The van der Waals surface area contributed by atoms with Gasteiger partial charge in [0.1, 0.15) is 18.2 Å². The van der Waals surface area contributed by atoms with Gasteiger partial charge in [0.25, 0.3) is 0 Å². The van der Waals surface area contributed by atoms with Crippen LogP contribution in [0.5, 0.6) is 5.75 Å². The van der Waals surface area contributed by atoms with Gasteiger partial charge in [-0.3, -0.25) is 0 Å². The highest BCUT2D eigenvalue weighted by atomic mass is 79.9. The molecule has 0 atom stereocenters. The summed E-state index contributed by atoms with van der Waals surface area (Å²) in [4.78, 5) is 4.09. The maximum absolute atomic E-state index is 13.3. The first kappa shape index (κ1) is 17.2. The molecule has 7 heteroatoms. The number of nitrogen functional groups attached to an aromatic ring is 1. The molecule has 0 spiro atoms. The maximum atomic E-state index is 13.3. The number of nitrogens with zero attached hydrogens (tertiary/aromatic N) is 3. The second kappa shape index (κ2) is 7.48. The van der Waals surface area contributed by atoms with Gasteiger partial charge in [0.2, 0.25) is 5.95 Å². The SMILES string of the molecule is Cc1cn(N=Cc2cccc(OCc3cc(F)ccc3Br)c2)c(N)n1. The first-order chi connectivity index (χ1) is 12.0. The van der Waals surface area contributed by atoms with Crippen molar-refractivity contribution in [2.24, 2.45) is 5.10 Å². The summed E-state index contributed by atoms with van der Waals surface area (Å²) >= 11 is 3.39. The Bertz CT molecular complexity index is 923. The molecule has 0 saturated heterocycles. The summed E-state index contributed by atoms with van der Waals surface area (Å²) in [6.07, 6.45) is 3.41. The predicted molar refractivity (Wildman–Crippen MR) is 99.2 cm³/mol. The van der Waals surface area contributed by atoms with Crippen molar-refractivity contribution in [3.05, 3.63) is 75.8 Å². The zero-order chi connectivity index (χ0) is 17.8. The lowest BCUT2D eigenvalue weighted by molar-refractivity contribution is 0.305. The van der Waals surface area contributed by atoms with Gasteiger partial charge in [0.05, 0.1) is 18.1 Å². The molecular weight excluding hydrogens is 387 g/mol. The highest BCUT2D eigenvalue weighted by molar-refractivity contribution is 9.10. The van der Waals surface area contributed by atoms with Gasteiger partial charge < -0.3 is 10.5 Å². The van der Waals surface area contributed by atoms with Crippen LogP contribution in [0.1, 0.15) is 16.8 Å².